The molecular weight excluding hydrogens is 352 g/mol. The average Bonchev–Trinajstić information content (AvgIpc) is 2.32. The SMILES string of the molecule is NC(Cc1ccc(F)cc1Cl)c1ccc(Br)cc1Cl. The van der Waals surface area contributed by atoms with Crippen LogP contribution in [0.3, 0.4) is 0 Å². The van der Waals surface area contributed by atoms with E-state index >= 15 is 0 Å². The lowest BCUT2D eigenvalue weighted by atomic mass is 9.99. The molecule has 0 aliphatic rings. The van der Waals surface area contributed by atoms with Gasteiger partial charge in [0.25, 0.3) is 0 Å². The number of halogens is 4. The third kappa shape index (κ3) is 3.69. The van der Waals surface area contributed by atoms with Gasteiger partial charge in [0.05, 0.1) is 0 Å². The topological polar surface area (TPSA) is 26.0 Å². The smallest absolute Gasteiger partial charge is 0.124 e. The summed E-state index contributed by atoms with van der Waals surface area (Å²) >= 11 is 15.5. The summed E-state index contributed by atoms with van der Waals surface area (Å²) in [5.74, 6) is -0.357. The average molecular weight is 363 g/mol. The van der Waals surface area contributed by atoms with E-state index in [1.54, 1.807) is 12.1 Å². The Kier molecular flexibility index (Phi) is 4.85. The van der Waals surface area contributed by atoms with Crippen LogP contribution in [0.5, 0.6) is 0 Å². The van der Waals surface area contributed by atoms with Crippen molar-refractivity contribution in [2.75, 3.05) is 0 Å². The van der Waals surface area contributed by atoms with Crippen LogP contribution in [0, 0.1) is 5.82 Å². The van der Waals surface area contributed by atoms with E-state index in [0.29, 0.717) is 16.5 Å². The van der Waals surface area contributed by atoms with E-state index in [2.05, 4.69) is 15.9 Å². The number of rotatable bonds is 3. The highest BCUT2D eigenvalue weighted by Gasteiger charge is 2.13. The molecule has 0 radical (unpaired) electrons. The molecule has 5 heteroatoms. The van der Waals surface area contributed by atoms with Gasteiger partial charge in [0.15, 0.2) is 0 Å². The van der Waals surface area contributed by atoms with Crippen molar-refractivity contribution < 1.29 is 4.39 Å². The first-order chi connectivity index (χ1) is 8.97. The predicted molar refractivity (Wildman–Crippen MR) is 81.2 cm³/mol. The number of nitrogens with two attached hydrogens (primary N) is 1. The molecule has 0 spiro atoms. The van der Waals surface area contributed by atoms with Gasteiger partial charge in [-0.25, -0.2) is 4.39 Å². The Labute approximate surface area is 129 Å². The molecule has 1 atom stereocenters. The van der Waals surface area contributed by atoms with E-state index in [-0.39, 0.29) is 11.9 Å². The fraction of sp³-hybridized carbons (Fsp3) is 0.143. The maximum Gasteiger partial charge on any atom is 0.124 e. The fourth-order valence-corrected chi connectivity index (χ4v) is 2.89. The van der Waals surface area contributed by atoms with Crippen LogP contribution >= 0.6 is 39.1 Å². The van der Waals surface area contributed by atoms with Crippen LogP contribution in [-0.2, 0) is 6.42 Å². The molecule has 0 aliphatic carbocycles. The molecule has 19 heavy (non-hydrogen) atoms. The van der Waals surface area contributed by atoms with Crippen LogP contribution in [0.1, 0.15) is 17.2 Å². The molecule has 0 aliphatic heterocycles. The van der Waals surface area contributed by atoms with Gasteiger partial charge in [0.2, 0.25) is 0 Å². The van der Waals surface area contributed by atoms with Gasteiger partial charge in [-0.15, -0.1) is 0 Å². The lowest BCUT2D eigenvalue weighted by Gasteiger charge is -2.15. The summed E-state index contributed by atoms with van der Waals surface area (Å²) in [6.45, 7) is 0. The number of hydrogen-bond donors (Lipinski definition) is 1. The molecule has 1 nitrogen and oxygen atoms in total. The van der Waals surface area contributed by atoms with E-state index in [1.807, 2.05) is 12.1 Å². The van der Waals surface area contributed by atoms with Gasteiger partial charge in [-0.05, 0) is 41.8 Å². The van der Waals surface area contributed by atoms with Gasteiger partial charge in [0.1, 0.15) is 5.82 Å². The predicted octanol–water partition coefficient (Wildman–Crippen LogP) is 5.14. The normalized spacial score (nSPS) is 12.5. The summed E-state index contributed by atoms with van der Waals surface area (Å²) in [5.41, 5.74) is 7.77. The van der Waals surface area contributed by atoms with Crippen LogP contribution in [0.4, 0.5) is 4.39 Å². The molecule has 0 amide bonds. The molecule has 100 valence electrons. The third-order valence-electron chi connectivity index (χ3n) is 2.82. The van der Waals surface area contributed by atoms with E-state index in [1.165, 1.54) is 12.1 Å². The van der Waals surface area contributed by atoms with E-state index in [0.717, 1.165) is 15.6 Å². The molecule has 2 aromatic rings. The van der Waals surface area contributed by atoms with Gasteiger partial charge >= 0.3 is 0 Å². The molecule has 0 heterocycles. The first kappa shape index (κ1) is 14.8. The number of benzene rings is 2. The molecule has 0 aromatic heterocycles. The molecule has 2 rings (SSSR count). The molecule has 0 saturated carbocycles. The second-order valence-electron chi connectivity index (χ2n) is 4.21. The van der Waals surface area contributed by atoms with Gasteiger partial charge in [-0.2, -0.15) is 0 Å². The third-order valence-corrected chi connectivity index (χ3v) is 3.99. The summed E-state index contributed by atoms with van der Waals surface area (Å²) in [7, 11) is 0. The van der Waals surface area contributed by atoms with Crippen molar-refractivity contribution in [3.63, 3.8) is 0 Å². The largest absolute Gasteiger partial charge is 0.324 e. The van der Waals surface area contributed by atoms with Crippen LogP contribution in [0.2, 0.25) is 10.0 Å². The zero-order valence-electron chi connectivity index (χ0n) is 9.84. The first-order valence-corrected chi connectivity index (χ1v) is 7.16. The van der Waals surface area contributed by atoms with Crippen LogP contribution in [0.15, 0.2) is 40.9 Å². The summed E-state index contributed by atoms with van der Waals surface area (Å²) < 4.78 is 13.9. The van der Waals surface area contributed by atoms with Crippen LogP contribution in [-0.4, -0.2) is 0 Å². The van der Waals surface area contributed by atoms with Crippen LogP contribution in [0.25, 0.3) is 0 Å². The van der Waals surface area contributed by atoms with Gasteiger partial charge in [-0.3, -0.25) is 0 Å². The molecule has 2 N–H and O–H groups in total. The zero-order chi connectivity index (χ0) is 14.0. The maximum atomic E-state index is 13.0. The summed E-state index contributed by atoms with van der Waals surface area (Å²) in [6.07, 6.45) is 0.500. The minimum Gasteiger partial charge on any atom is -0.324 e. The van der Waals surface area contributed by atoms with Crippen LogP contribution < -0.4 is 5.73 Å². The Morgan fingerprint density at radius 1 is 1.11 bits per heavy atom. The van der Waals surface area contributed by atoms with Gasteiger partial charge < -0.3 is 5.73 Å². The highest BCUT2D eigenvalue weighted by molar-refractivity contribution is 9.10. The second-order valence-corrected chi connectivity index (χ2v) is 5.94. The molecule has 0 bridgehead atoms. The Morgan fingerprint density at radius 3 is 2.47 bits per heavy atom. The minimum absolute atomic E-state index is 0.288. The second kappa shape index (κ2) is 6.23. The first-order valence-electron chi connectivity index (χ1n) is 5.62. The fourth-order valence-electron chi connectivity index (χ4n) is 1.84. The maximum absolute atomic E-state index is 13.0. The Bertz CT molecular complexity index is 604. The van der Waals surface area contributed by atoms with Crippen molar-refractivity contribution >= 4 is 39.1 Å². The van der Waals surface area contributed by atoms with Crippen molar-refractivity contribution in [1.82, 2.24) is 0 Å². The summed E-state index contributed by atoms with van der Waals surface area (Å²) in [6, 6.07) is 9.56. The Hall–Kier alpha value is -0.610. The van der Waals surface area contributed by atoms with Crippen molar-refractivity contribution in [3.05, 3.63) is 67.9 Å². The monoisotopic (exact) mass is 361 g/mol. The van der Waals surface area contributed by atoms with Gasteiger partial charge in [-0.1, -0.05) is 51.3 Å². The standard InChI is InChI=1S/C14H11BrCl2FN/c15-9-2-4-11(13(17)6-9)14(19)5-8-1-3-10(18)7-12(8)16/h1-4,6-7,14H,5,19H2. The van der Waals surface area contributed by atoms with Gasteiger partial charge in [0, 0.05) is 20.6 Å². The van der Waals surface area contributed by atoms with Crippen molar-refractivity contribution in [1.29, 1.82) is 0 Å². The Balaban J connectivity index is 2.23. The quantitative estimate of drug-likeness (QED) is 0.803. The molecule has 1 unspecified atom stereocenters. The zero-order valence-corrected chi connectivity index (χ0v) is 12.9. The summed E-state index contributed by atoms with van der Waals surface area (Å²) in [4.78, 5) is 0. The highest BCUT2D eigenvalue weighted by atomic mass is 79.9. The van der Waals surface area contributed by atoms with E-state index in [9.17, 15) is 4.39 Å². The minimum atomic E-state index is -0.357. The van der Waals surface area contributed by atoms with Crippen molar-refractivity contribution in [2.45, 2.75) is 12.5 Å². The summed E-state index contributed by atoms with van der Waals surface area (Å²) in [5, 5.41) is 0.976. The van der Waals surface area contributed by atoms with E-state index in [4.69, 9.17) is 28.9 Å². The number of hydrogen-bond acceptors (Lipinski definition) is 1. The van der Waals surface area contributed by atoms with Crippen molar-refractivity contribution in [3.8, 4) is 0 Å². The molecule has 2 aromatic carbocycles. The lowest BCUT2D eigenvalue weighted by Crippen LogP contribution is -2.14. The molecular formula is C14H11BrCl2FN. The molecule has 0 fully saturated rings. The highest BCUT2D eigenvalue weighted by Crippen LogP contribution is 2.29. The Morgan fingerprint density at radius 2 is 1.84 bits per heavy atom. The molecule has 0 saturated heterocycles. The van der Waals surface area contributed by atoms with Crippen molar-refractivity contribution in [2.24, 2.45) is 5.73 Å². The lowest BCUT2D eigenvalue weighted by molar-refractivity contribution is 0.625. The van der Waals surface area contributed by atoms with E-state index < -0.39 is 0 Å².